The number of hydrogen-bond acceptors (Lipinski definition) is 5. The summed E-state index contributed by atoms with van der Waals surface area (Å²) in [6.45, 7) is 4.48. The lowest BCUT2D eigenvalue weighted by molar-refractivity contribution is 0.249. The summed E-state index contributed by atoms with van der Waals surface area (Å²) < 4.78 is 13.2. The molecule has 6 heteroatoms. The van der Waals surface area contributed by atoms with Crippen LogP contribution in [0.5, 0.6) is 0 Å². The smallest absolute Gasteiger partial charge is 0.151 e. The van der Waals surface area contributed by atoms with E-state index in [9.17, 15) is 4.39 Å². The molecule has 1 aliphatic rings. The average molecular weight is 315 g/mol. The predicted molar refractivity (Wildman–Crippen MR) is 90.2 cm³/mol. The number of hydrogen-bond donors (Lipinski definition) is 0. The van der Waals surface area contributed by atoms with Crippen molar-refractivity contribution in [1.29, 1.82) is 0 Å². The van der Waals surface area contributed by atoms with E-state index in [0.29, 0.717) is 0 Å². The summed E-state index contributed by atoms with van der Waals surface area (Å²) in [6.07, 6.45) is 0. The molecule has 0 radical (unpaired) electrons. The second kappa shape index (κ2) is 6.91. The Morgan fingerprint density at radius 2 is 1.83 bits per heavy atom. The number of anilines is 2. The zero-order chi connectivity index (χ0) is 16.2. The van der Waals surface area contributed by atoms with Gasteiger partial charge in [0.1, 0.15) is 5.82 Å². The third-order valence-electron chi connectivity index (χ3n) is 4.09. The third-order valence-corrected chi connectivity index (χ3v) is 4.09. The van der Waals surface area contributed by atoms with E-state index in [1.165, 1.54) is 6.07 Å². The molecule has 1 fully saturated rings. The molecule has 2 aromatic rings. The van der Waals surface area contributed by atoms with Crippen molar-refractivity contribution in [1.82, 2.24) is 15.1 Å². The van der Waals surface area contributed by atoms with Gasteiger partial charge in [0, 0.05) is 46.8 Å². The standard InChI is InChI=1S/C17H22FN5/c1-21(2)16-6-7-17(20-19-16)23-10-8-22(9-11-23)13-14-4-3-5-15(18)12-14/h3-7,12H,8-11,13H2,1-2H3. The summed E-state index contributed by atoms with van der Waals surface area (Å²) in [4.78, 5) is 6.52. The van der Waals surface area contributed by atoms with Crippen molar-refractivity contribution >= 4 is 11.6 Å². The minimum Gasteiger partial charge on any atom is -0.361 e. The lowest BCUT2D eigenvalue weighted by Gasteiger charge is -2.35. The highest BCUT2D eigenvalue weighted by molar-refractivity contribution is 5.44. The van der Waals surface area contributed by atoms with Crippen molar-refractivity contribution in [2.45, 2.75) is 6.54 Å². The number of rotatable bonds is 4. The van der Waals surface area contributed by atoms with Gasteiger partial charge in [-0.2, -0.15) is 0 Å². The Bertz CT molecular complexity index is 636. The molecule has 0 unspecified atom stereocenters. The molecule has 0 atom stereocenters. The van der Waals surface area contributed by atoms with Gasteiger partial charge in [0.25, 0.3) is 0 Å². The first-order valence-corrected chi connectivity index (χ1v) is 7.84. The zero-order valence-corrected chi connectivity index (χ0v) is 13.6. The molecule has 0 N–H and O–H groups in total. The van der Waals surface area contributed by atoms with E-state index in [4.69, 9.17) is 0 Å². The van der Waals surface area contributed by atoms with Crippen LogP contribution in [-0.2, 0) is 6.54 Å². The number of benzene rings is 1. The van der Waals surface area contributed by atoms with E-state index in [2.05, 4.69) is 20.0 Å². The molecule has 2 heterocycles. The number of aromatic nitrogens is 2. The van der Waals surface area contributed by atoms with Crippen LogP contribution in [0.1, 0.15) is 5.56 Å². The molecule has 1 aromatic carbocycles. The molecule has 5 nitrogen and oxygen atoms in total. The molecular weight excluding hydrogens is 293 g/mol. The van der Waals surface area contributed by atoms with Gasteiger partial charge in [-0.15, -0.1) is 10.2 Å². The van der Waals surface area contributed by atoms with Gasteiger partial charge >= 0.3 is 0 Å². The van der Waals surface area contributed by atoms with Gasteiger partial charge in [-0.25, -0.2) is 4.39 Å². The van der Waals surface area contributed by atoms with Gasteiger partial charge in [0.15, 0.2) is 11.6 Å². The van der Waals surface area contributed by atoms with Crippen LogP contribution in [0.2, 0.25) is 0 Å². The van der Waals surface area contributed by atoms with Crippen LogP contribution < -0.4 is 9.80 Å². The van der Waals surface area contributed by atoms with Crippen molar-refractivity contribution in [3.63, 3.8) is 0 Å². The minimum absolute atomic E-state index is 0.169. The Labute approximate surface area is 136 Å². The second-order valence-electron chi connectivity index (χ2n) is 6.04. The maximum Gasteiger partial charge on any atom is 0.151 e. The molecule has 0 amide bonds. The van der Waals surface area contributed by atoms with Gasteiger partial charge in [-0.3, -0.25) is 4.90 Å². The highest BCUT2D eigenvalue weighted by Crippen LogP contribution is 2.16. The predicted octanol–water partition coefficient (Wildman–Crippen LogP) is 2.00. The fourth-order valence-corrected chi connectivity index (χ4v) is 2.75. The van der Waals surface area contributed by atoms with Gasteiger partial charge in [-0.1, -0.05) is 12.1 Å². The van der Waals surface area contributed by atoms with Crippen molar-refractivity contribution in [2.24, 2.45) is 0 Å². The molecule has 0 saturated carbocycles. The Morgan fingerprint density at radius 3 is 2.43 bits per heavy atom. The van der Waals surface area contributed by atoms with Crippen molar-refractivity contribution < 1.29 is 4.39 Å². The Kier molecular flexibility index (Phi) is 4.71. The molecule has 0 bridgehead atoms. The summed E-state index contributed by atoms with van der Waals surface area (Å²) in [6, 6.07) is 10.8. The summed E-state index contributed by atoms with van der Waals surface area (Å²) in [5.41, 5.74) is 1.02. The molecule has 0 spiro atoms. The normalized spacial score (nSPS) is 15.7. The quantitative estimate of drug-likeness (QED) is 0.862. The Hall–Kier alpha value is -2.21. The fourth-order valence-electron chi connectivity index (χ4n) is 2.75. The van der Waals surface area contributed by atoms with E-state index in [0.717, 1.165) is 49.9 Å². The highest BCUT2D eigenvalue weighted by Gasteiger charge is 2.18. The van der Waals surface area contributed by atoms with Crippen LogP contribution >= 0.6 is 0 Å². The number of piperazine rings is 1. The maximum absolute atomic E-state index is 13.2. The van der Waals surface area contributed by atoms with E-state index < -0.39 is 0 Å². The summed E-state index contributed by atoms with van der Waals surface area (Å²) in [5.74, 6) is 1.61. The highest BCUT2D eigenvalue weighted by atomic mass is 19.1. The SMILES string of the molecule is CN(C)c1ccc(N2CCN(Cc3cccc(F)c3)CC2)nn1. The fraction of sp³-hybridized carbons (Fsp3) is 0.412. The van der Waals surface area contributed by atoms with Crippen molar-refractivity contribution in [3.05, 3.63) is 47.8 Å². The van der Waals surface area contributed by atoms with Crippen molar-refractivity contribution in [3.8, 4) is 0 Å². The largest absolute Gasteiger partial charge is 0.361 e. The molecule has 3 rings (SSSR count). The van der Waals surface area contributed by atoms with Crippen molar-refractivity contribution in [2.75, 3.05) is 50.1 Å². The molecule has 0 aliphatic carbocycles. The number of halogens is 1. The summed E-state index contributed by atoms with van der Waals surface area (Å²) in [5, 5.41) is 8.54. The Morgan fingerprint density at radius 1 is 1.04 bits per heavy atom. The summed E-state index contributed by atoms with van der Waals surface area (Å²) >= 11 is 0. The molecule has 122 valence electrons. The van der Waals surface area contributed by atoms with Crippen LogP contribution in [0, 0.1) is 5.82 Å². The van der Waals surface area contributed by atoms with Gasteiger partial charge in [0.2, 0.25) is 0 Å². The van der Waals surface area contributed by atoms with Gasteiger partial charge in [0.05, 0.1) is 0 Å². The van der Waals surface area contributed by atoms with E-state index in [1.807, 2.05) is 37.2 Å². The van der Waals surface area contributed by atoms with Crippen LogP contribution in [0.4, 0.5) is 16.0 Å². The molecule has 1 saturated heterocycles. The van der Waals surface area contributed by atoms with E-state index in [1.54, 1.807) is 12.1 Å². The molecule has 1 aliphatic heterocycles. The van der Waals surface area contributed by atoms with Crippen LogP contribution in [0.25, 0.3) is 0 Å². The molecule has 23 heavy (non-hydrogen) atoms. The average Bonchev–Trinajstić information content (AvgIpc) is 2.56. The first-order chi connectivity index (χ1) is 11.1. The van der Waals surface area contributed by atoms with E-state index >= 15 is 0 Å². The van der Waals surface area contributed by atoms with Crippen LogP contribution in [0.3, 0.4) is 0 Å². The van der Waals surface area contributed by atoms with Gasteiger partial charge < -0.3 is 9.80 Å². The molecule has 1 aromatic heterocycles. The lowest BCUT2D eigenvalue weighted by Crippen LogP contribution is -2.46. The minimum atomic E-state index is -0.169. The number of nitrogens with zero attached hydrogens (tertiary/aromatic N) is 5. The second-order valence-corrected chi connectivity index (χ2v) is 6.04. The topological polar surface area (TPSA) is 35.5 Å². The Balaban J connectivity index is 1.55. The first-order valence-electron chi connectivity index (χ1n) is 7.84. The maximum atomic E-state index is 13.2. The van der Waals surface area contributed by atoms with Crippen LogP contribution in [0.15, 0.2) is 36.4 Å². The lowest BCUT2D eigenvalue weighted by atomic mass is 10.2. The van der Waals surface area contributed by atoms with Gasteiger partial charge in [-0.05, 0) is 29.8 Å². The van der Waals surface area contributed by atoms with E-state index in [-0.39, 0.29) is 5.82 Å². The molecular formula is C17H22FN5. The monoisotopic (exact) mass is 315 g/mol. The third kappa shape index (κ3) is 3.96. The summed E-state index contributed by atoms with van der Waals surface area (Å²) in [7, 11) is 3.91. The van der Waals surface area contributed by atoms with Crippen LogP contribution in [-0.4, -0.2) is 55.4 Å². The first kappa shape index (κ1) is 15.7. The zero-order valence-electron chi connectivity index (χ0n) is 13.6.